The summed E-state index contributed by atoms with van der Waals surface area (Å²) in [5.41, 5.74) is 1.00. The fourth-order valence-corrected chi connectivity index (χ4v) is 2.75. The summed E-state index contributed by atoms with van der Waals surface area (Å²) >= 11 is 18.5. The Hall–Kier alpha value is -1.60. The maximum absolute atomic E-state index is 10.2. The van der Waals surface area contributed by atoms with Gasteiger partial charge >= 0.3 is 0 Å². The van der Waals surface area contributed by atoms with Crippen LogP contribution in [-0.2, 0) is 0 Å². The molecule has 0 aliphatic carbocycles. The first kappa shape index (κ1) is 20.7. The van der Waals surface area contributed by atoms with E-state index in [9.17, 15) is 5.11 Å². The van der Waals surface area contributed by atoms with Crippen molar-refractivity contribution in [3.63, 3.8) is 0 Å². The Morgan fingerprint density at radius 2 is 1.73 bits per heavy atom. The number of benzene rings is 1. The summed E-state index contributed by atoms with van der Waals surface area (Å²) in [6, 6.07) is 4.76. The van der Waals surface area contributed by atoms with Crippen molar-refractivity contribution < 1.29 is 9.84 Å². The number of hydrogen-bond donors (Lipinski definition) is 1. The van der Waals surface area contributed by atoms with Crippen LogP contribution in [0.1, 0.15) is 25.5 Å². The predicted molar refractivity (Wildman–Crippen MR) is 105 cm³/mol. The molecule has 0 saturated carbocycles. The van der Waals surface area contributed by atoms with Crippen LogP contribution in [-0.4, -0.2) is 40.6 Å². The summed E-state index contributed by atoms with van der Waals surface area (Å²) in [5.74, 6) is 0.293. The van der Waals surface area contributed by atoms with Gasteiger partial charge in [0.05, 0.1) is 28.2 Å². The molecule has 0 aliphatic rings. The lowest BCUT2D eigenvalue weighted by atomic mass is 10.0. The summed E-state index contributed by atoms with van der Waals surface area (Å²) in [4.78, 5) is 6.03. The summed E-state index contributed by atoms with van der Waals surface area (Å²) in [6.07, 6.45) is 0.835. The van der Waals surface area contributed by atoms with Gasteiger partial charge in [0.15, 0.2) is 10.9 Å². The van der Waals surface area contributed by atoms with Crippen LogP contribution in [0.2, 0.25) is 15.2 Å². The van der Waals surface area contributed by atoms with Gasteiger partial charge in [-0.3, -0.25) is 0 Å². The molecule has 0 amide bonds. The van der Waals surface area contributed by atoms with Crippen LogP contribution >= 0.6 is 34.8 Å². The van der Waals surface area contributed by atoms with E-state index in [0.29, 0.717) is 11.3 Å². The molecule has 0 saturated heterocycles. The number of ether oxygens (including phenoxy) is 1. The summed E-state index contributed by atoms with van der Waals surface area (Å²) in [7, 11) is 3.71. The maximum atomic E-state index is 10.2. The minimum absolute atomic E-state index is 0.0504. The van der Waals surface area contributed by atoms with Crippen molar-refractivity contribution in [2.45, 2.75) is 20.0 Å². The Kier molecular flexibility index (Phi) is 7.06. The van der Waals surface area contributed by atoms with Crippen molar-refractivity contribution in [3.8, 4) is 11.6 Å². The molecule has 1 heterocycles. The molecule has 1 aromatic heterocycles. The first-order valence-corrected chi connectivity index (χ1v) is 8.91. The number of rotatable bonds is 6. The lowest BCUT2D eigenvalue weighted by Gasteiger charge is -2.16. The SMILES string of the molecule is CC(C)C(O)c1cc(Oc2c(Cl)cc(N=CN(C)C)cc2Cl)nnc1Cl. The molecule has 0 spiro atoms. The van der Waals surface area contributed by atoms with E-state index in [2.05, 4.69) is 15.2 Å². The van der Waals surface area contributed by atoms with E-state index in [0.717, 1.165) is 0 Å². The standard InChI is InChI=1S/C17H19Cl3N4O2/c1-9(2)15(25)11-7-14(22-23-17(11)20)26-16-12(18)5-10(6-13(16)19)21-8-24(3)4/h5-9,15,25H,1-4H3. The molecule has 9 heteroatoms. The zero-order valence-electron chi connectivity index (χ0n) is 14.7. The first-order chi connectivity index (χ1) is 12.2. The molecule has 0 radical (unpaired) electrons. The van der Waals surface area contributed by atoms with Gasteiger partial charge in [0, 0.05) is 25.7 Å². The number of aromatic nitrogens is 2. The second-order valence-electron chi connectivity index (χ2n) is 6.17. The highest BCUT2D eigenvalue weighted by Crippen LogP contribution is 2.40. The van der Waals surface area contributed by atoms with E-state index < -0.39 is 6.10 Å². The van der Waals surface area contributed by atoms with E-state index in [1.54, 1.807) is 23.4 Å². The summed E-state index contributed by atoms with van der Waals surface area (Å²) in [6.45, 7) is 3.73. The van der Waals surface area contributed by atoms with Crippen LogP contribution < -0.4 is 4.74 Å². The van der Waals surface area contributed by atoms with Crippen LogP contribution in [0.15, 0.2) is 23.2 Å². The summed E-state index contributed by atoms with van der Waals surface area (Å²) in [5, 5.41) is 18.6. The molecular formula is C17H19Cl3N4O2. The van der Waals surface area contributed by atoms with Crippen molar-refractivity contribution in [2.24, 2.45) is 10.9 Å². The van der Waals surface area contributed by atoms with Gasteiger partial charge in [0.25, 0.3) is 0 Å². The Bertz CT molecular complexity index is 790. The van der Waals surface area contributed by atoms with Crippen molar-refractivity contribution in [1.82, 2.24) is 15.1 Å². The number of hydrogen-bond acceptors (Lipinski definition) is 5. The monoisotopic (exact) mass is 416 g/mol. The zero-order chi connectivity index (χ0) is 19.4. The average Bonchev–Trinajstić information content (AvgIpc) is 2.56. The minimum Gasteiger partial charge on any atom is -0.434 e. The zero-order valence-corrected chi connectivity index (χ0v) is 17.0. The van der Waals surface area contributed by atoms with Crippen LogP contribution in [0.25, 0.3) is 0 Å². The summed E-state index contributed by atoms with van der Waals surface area (Å²) < 4.78 is 5.68. The highest BCUT2D eigenvalue weighted by atomic mass is 35.5. The number of aliphatic hydroxyl groups is 1. The van der Waals surface area contributed by atoms with Gasteiger partial charge in [-0.2, -0.15) is 0 Å². The van der Waals surface area contributed by atoms with Gasteiger partial charge in [0.1, 0.15) is 0 Å². The Labute approximate surface area is 167 Å². The molecule has 1 aromatic carbocycles. The van der Waals surface area contributed by atoms with E-state index in [1.807, 2.05) is 27.9 Å². The fraction of sp³-hybridized carbons (Fsp3) is 0.353. The molecule has 26 heavy (non-hydrogen) atoms. The van der Waals surface area contributed by atoms with E-state index >= 15 is 0 Å². The average molecular weight is 418 g/mol. The van der Waals surface area contributed by atoms with Gasteiger partial charge < -0.3 is 14.7 Å². The molecule has 140 valence electrons. The third kappa shape index (κ3) is 5.20. The minimum atomic E-state index is -0.797. The normalized spacial score (nSPS) is 12.7. The molecule has 1 unspecified atom stereocenters. The molecule has 0 fully saturated rings. The maximum Gasteiger partial charge on any atom is 0.239 e. The second kappa shape index (κ2) is 8.86. The van der Waals surface area contributed by atoms with Crippen molar-refractivity contribution in [2.75, 3.05) is 14.1 Å². The molecule has 0 aliphatic heterocycles. The molecular weight excluding hydrogens is 399 g/mol. The van der Waals surface area contributed by atoms with Crippen molar-refractivity contribution >= 4 is 46.8 Å². The third-order valence-corrected chi connectivity index (χ3v) is 4.19. The lowest BCUT2D eigenvalue weighted by molar-refractivity contribution is 0.126. The van der Waals surface area contributed by atoms with E-state index in [4.69, 9.17) is 39.5 Å². The predicted octanol–water partition coefficient (Wildman–Crippen LogP) is 5.14. The number of aliphatic imine (C=N–C) groups is 1. The van der Waals surface area contributed by atoms with Crippen LogP contribution in [0.3, 0.4) is 0 Å². The quantitative estimate of drug-likeness (QED) is 0.520. The largest absolute Gasteiger partial charge is 0.434 e. The first-order valence-electron chi connectivity index (χ1n) is 7.77. The number of aliphatic hydroxyl groups excluding tert-OH is 1. The van der Waals surface area contributed by atoms with Gasteiger partial charge in [-0.1, -0.05) is 48.7 Å². The Morgan fingerprint density at radius 1 is 1.12 bits per heavy atom. The molecule has 6 nitrogen and oxygen atoms in total. The van der Waals surface area contributed by atoms with Gasteiger partial charge in [-0.25, -0.2) is 4.99 Å². The van der Waals surface area contributed by atoms with Crippen molar-refractivity contribution in [3.05, 3.63) is 39.0 Å². The molecule has 2 rings (SSSR count). The van der Waals surface area contributed by atoms with Gasteiger partial charge in [0.2, 0.25) is 5.88 Å². The molecule has 0 bridgehead atoms. The highest BCUT2D eigenvalue weighted by molar-refractivity contribution is 6.37. The second-order valence-corrected chi connectivity index (χ2v) is 7.34. The Morgan fingerprint density at radius 3 is 2.27 bits per heavy atom. The van der Waals surface area contributed by atoms with E-state index in [-0.39, 0.29) is 32.7 Å². The Balaban J connectivity index is 2.33. The third-order valence-electron chi connectivity index (χ3n) is 3.33. The smallest absolute Gasteiger partial charge is 0.239 e. The number of halogens is 3. The molecule has 1 atom stereocenters. The highest BCUT2D eigenvalue weighted by Gasteiger charge is 2.19. The fourth-order valence-electron chi connectivity index (χ4n) is 1.99. The van der Waals surface area contributed by atoms with Gasteiger partial charge in [-0.15, -0.1) is 10.2 Å². The van der Waals surface area contributed by atoms with Crippen LogP contribution in [0.4, 0.5) is 5.69 Å². The van der Waals surface area contributed by atoms with Crippen LogP contribution in [0, 0.1) is 5.92 Å². The molecule has 2 aromatic rings. The lowest BCUT2D eigenvalue weighted by Crippen LogP contribution is -2.08. The molecule has 1 N–H and O–H groups in total. The van der Waals surface area contributed by atoms with Crippen molar-refractivity contribution in [1.29, 1.82) is 0 Å². The van der Waals surface area contributed by atoms with E-state index in [1.165, 1.54) is 6.07 Å². The topological polar surface area (TPSA) is 70.8 Å². The number of nitrogens with zero attached hydrogens (tertiary/aromatic N) is 4. The van der Waals surface area contributed by atoms with Gasteiger partial charge in [-0.05, 0) is 18.1 Å². The van der Waals surface area contributed by atoms with Crippen LogP contribution in [0.5, 0.6) is 11.6 Å².